The van der Waals surface area contributed by atoms with Crippen LogP contribution >= 0.6 is 0 Å². The zero-order valence-corrected chi connectivity index (χ0v) is 9.35. The van der Waals surface area contributed by atoms with Gasteiger partial charge in [-0.3, -0.25) is 4.79 Å². The normalized spacial score (nSPS) is 21.4. The lowest BCUT2D eigenvalue weighted by molar-refractivity contribution is -0.136. The van der Waals surface area contributed by atoms with Crippen molar-refractivity contribution in [2.75, 3.05) is 20.1 Å². The van der Waals surface area contributed by atoms with Gasteiger partial charge in [0.05, 0.1) is 6.20 Å². The van der Waals surface area contributed by atoms with Gasteiger partial charge in [0.25, 0.3) is 0 Å². The first-order valence-electron chi connectivity index (χ1n) is 5.47. The van der Waals surface area contributed by atoms with E-state index in [-0.39, 0.29) is 6.42 Å². The first kappa shape index (κ1) is 11.1. The standard InChI is InChI=1S/C11H16N2O3/c1-13-3-2-8(7-13)4-10-12-6-9(16-10)5-11(14)15/h6,8H,2-5,7H2,1H3,(H,14,15). The molecule has 1 unspecified atom stereocenters. The van der Waals surface area contributed by atoms with E-state index in [1.165, 1.54) is 6.20 Å². The molecule has 0 radical (unpaired) electrons. The molecule has 1 atom stereocenters. The number of carbonyl (C=O) groups is 1. The highest BCUT2D eigenvalue weighted by Crippen LogP contribution is 2.19. The van der Waals surface area contributed by atoms with E-state index in [2.05, 4.69) is 16.9 Å². The Balaban J connectivity index is 1.90. The van der Waals surface area contributed by atoms with Gasteiger partial charge in [-0.1, -0.05) is 0 Å². The molecular weight excluding hydrogens is 208 g/mol. The number of aliphatic carboxylic acids is 1. The average molecular weight is 224 g/mol. The van der Waals surface area contributed by atoms with Gasteiger partial charge in [-0.05, 0) is 25.9 Å². The minimum absolute atomic E-state index is 0.0857. The number of oxazole rings is 1. The van der Waals surface area contributed by atoms with Crippen LogP contribution in [0.15, 0.2) is 10.6 Å². The Bertz CT molecular complexity index is 375. The Morgan fingerprint density at radius 3 is 3.19 bits per heavy atom. The smallest absolute Gasteiger partial charge is 0.311 e. The van der Waals surface area contributed by atoms with Crippen molar-refractivity contribution >= 4 is 5.97 Å². The molecule has 0 bridgehead atoms. The lowest BCUT2D eigenvalue weighted by Crippen LogP contribution is -2.15. The molecule has 88 valence electrons. The van der Waals surface area contributed by atoms with Crippen LogP contribution in [0.1, 0.15) is 18.1 Å². The number of carboxylic acid groups (broad SMARTS) is 1. The quantitative estimate of drug-likeness (QED) is 0.819. The molecule has 0 saturated carbocycles. The van der Waals surface area contributed by atoms with Crippen molar-refractivity contribution in [2.45, 2.75) is 19.3 Å². The Labute approximate surface area is 94.1 Å². The van der Waals surface area contributed by atoms with Crippen LogP contribution in [0.2, 0.25) is 0 Å². The summed E-state index contributed by atoms with van der Waals surface area (Å²) in [5.41, 5.74) is 0. The molecule has 1 N–H and O–H groups in total. The number of likely N-dealkylation sites (tertiary alicyclic amines) is 1. The Morgan fingerprint density at radius 1 is 1.75 bits per heavy atom. The van der Waals surface area contributed by atoms with E-state index in [0.717, 1.165) is 25.9 Å². The molecule has 1 aliphatic heterocycles. The summed E-state index contributed by atoms with van der Waals surface area (Å²) in [7, 11) is 2.10. The van der Waals surface area contributed by atoms with Crippen LogP contribution in [-0.4, -0.2) is 41.1 Å². The summed E-state index contributed by atoms with van der Waals surface area (Å²) in [5, 5.41) is 8.60. The molecule has 0 spiro atoms. The summed E-state index contributed by atoms with van der Waals surface area (Å²) in [4.78, 5) is 16.9. The summed E-state index contributed by atoms with van der Waals surface area (Å²) in [5.74, 6) is 0.801. The van der Waals surface area contributed by atoms with Crippen molar-refractivity contribution in [3.8, 4) is 0 Å². The maximum absolute atomic E-state index is 10.5. The third-order valence-corrected chi connectivity index (χ3v) is 2.88. The van der Waals surface area contributed by atoms with E-state index >= 15 is 0 Å². The molecule has 1 aliphatic rings. The fourth-order valence-corrected chi connectivity index (χ4v) is 2.11. The minimum Gasteiger partial charge on any atom is -0.481 e. The zero-order chi connectivity index (χ0) is 11.5. The average Bonchev–Trinajstić information content (AvgIpc) is 2.76. The van der Waals surface area contributed by atoms with Crippen LogP contribution in [-0.2, 0) is 17.6 Å². The van der Waals surface area contributed by atoms with E-state index in [0.29, 0.717) is 17.6 Å². The predicted molar refractivity (Wildman–Crippen MR) is 57.2 cm³/mol. The monoisotopic (exact) mass is 224 g/mol. The van der Waals surface area contributed by atoms with Gasteiger partial charge in [0.2, 0.25) is 0 Å². The Morgan fingerprint density at radius 2 is 2.56 bits per heavy atom. The lowest BCUT2D eigenvalue weighted by atomic mass is 10.1. The van der Waals surface area contributed by atoms with Gasteiger partial charge < -0.3 is 14.4 Å². The van der Waals surface area contributed by atoms with Gasteiger partial charge in [-0.2, -0.15) is 0 Å². The maximum Gasteiger partial charge on any atom is 0.311 e. The summed E-state index contributed by atoms with van der Waals surface area (Å²) in [6.07, 6.45) is 3.40. The number of carboxylic acids is 1. The van der Waals surface area contributed by atoms with E-state index in [1.807, 2.05) is 0 Å². The molecule has 5 nitrogen and oxygen atoms in total. The molecule has 16 heavy (non-hydrogen) atoms. The van der Waals surface area contributed by atoms with Crippen LogP contribution in [0, 0.1) is 5.92 Å². The second-order valence-corrected chi connectivity index (χ2v) is 4.41. The summed E-state index contributed by atoms with van der Waals surface area (Å²) in [6.45, 7) is 2.18. The van der Waals surface area contributed by atoms with Gasteiger partial charge >= 0.3 is 5.97 Å². The molecule has 5 heteroatoms. The van der Waals surface area contributed by atoms with Crippen LogP contribution < -0.4 is 0 Å². The van der Waals surface area contributed by atoms with Gasteiger partial charge in [-0.25, -0.2) is 4.98 Å². The van der Waals surface area contributed by atoms with Crippen molar-refractivity contribution in [3.63, 3.8) is 0 Å². The molecule has 0 aromatic carbocycles. The molecule has 1 saturated heterocycles. The van der Waals surface area contributed by atoms with Crippen molar-refractivity contribution < 1.29 is 14.3 Å². The van der Waals surface area contributed by atoms with Crippen molar-refractivity contribution in [1.29, 1.82) is 0 Å². The van der Waals surface area contributed by atoms with E-state index in [4.69, 9.17) is 9.52 Å². The van der Waals surface area contributed by atoms with E-state index < -0.39 is 5.97 Å². The third kappa shape index (κ3) is 2.82. The zero-order valence-electron chi connectivity index (χ0n) is 9.35. The van der Waals surface area contributed by atoms with Crippen LogP contribution in [0.5, 0.6) is 0 Å². The molecule has 1 fully saturated rings. The third-order valence-electron chi connectivity index (χ3n) is 2.88. The van der Waals surface area contributed by atoms with Crippen molar-refractivity contribution in [3.05, 3.63) is 17.8 Å². The number of nitrogens with zero attached hydrogens (tertiary/aromatic N) is 2. The van der Waals surface area contributed by atoms with E-state index in [1.54, 1.807) is 0 Å². The second kappa shape index (κ2) is 4.65. The fourth-order valence-electron chi connectivity index (χ4n) is 2.11. The molecule has 0 aliphatic carbocycles. The van der Waals surface area contributed by atoms with Crippen molar-refractivity contribution in [2.24, 2.45) is 5.92 Å². The highest BCUT2D eigenvalue weighted by molar-refractivity contribution is 5.69. The Kier molecular flexibility index (Phi) is 3.24. The van der Waals surface area contributed by atoms with Crippen LogP contribution in [0.3, 0.4) is 0 Å². The topological polar surface area (TPSA) is 66.6 Å². The molecule has 2 rings (SSSR count). The Hall–Kier alpha value is -1.36. The van der Waals surface area contributed by atoms with Gasteiger partial charge in [-0.15, -0.1) is 0 Å². The van der Waals surface area contributed by atoms with Gasteiger partial charge in [0.15, 0.2) is 5.89 Å². The molecule has 1 aromatic heterocycles. The number of aromatic nitrogens is 1. The SMILES string of the molecule is CN1CCC(Cc2ncc(CC(=O)O)o2)C1. The molecule has 0 amide bonds. The maximum atomic E-state index is 10.5. The molecule has 2 heterocycles. The summed E-state index contributed by atoms with van der Waals surface area (Å²) in [6, 6.07) is 0. The predicted octanol–water partition coefficient (Wildman–Crippen LogP) is 0.796. The fraction of sp³-hybridized carbons (Fsp3) is 0.636. The van der Waals surface area contributed by atoms with Crippen molar-refractivity contribution in [1.82, 2.24) is 9.88 Å². The van der Waals surface area contributed by atoms with Crippen LogP contribution in [0.4, 0.5) is 0 Å². The molecule has 1 aromatic rings. The second-order valence-electron chi connectivity index (χ2n) is 4.41. The summed E-state index contributed by atoms with van der Waals surface area (Å²) >= 11 is 0. The molecular formula is C11H16N2O3. The highest BCUT2D eigenvalue weighted by atomic mass is 16.4. The summed E-state index contributed by atoms with van der Waals surface area (Å²) < 4.78 is 5.38. The minimum atomic E-state index is -0.886. The van der Waals surface area contributed by atoms with Gasteiger partial charge in [0.1, 0.15) is 12.2 Å². The van der Waals surface area contributed by atoms with E-state index in [9.17, 15) is 4.79 Å². The van der Waals surface area contributed by atoms with Gasteiger partial charge in [0, 0.05) is 13.0 Å². The largest absolute Gasteiger partial charge is 0.481 e. The first-order chi connectivity index (χ1) is 7.63. The number of hydrogen-bond donors (Lipinski definition) is 1. The number of rotatable bonds is 4. The lowest BCUT2D eigenvalue weighted by Gasteiger charge is -2.07. The first-order valence-corrected chi connectivity index (χ1v) is 5.47. The van der Waals surface area contributed by atoms with Crippen LogP contribution in [0.25, 0.3) is 0 Å². The highest BCUT2D eigenvalue weighted by Gasteiger charge is 2.21. The number of hydrogen-bond acceptors (Lipinski definition) is 4.